The first-order chi connectivity index (χ1) is 15.8. The van der Waals surface area contributed by atoms with Crippen molar-refractivity contribution >= 4 is 28.0 Å². The van der Waals surface area contributed by atoms with E-state index in [1.54, 1.807) is 19.5 Å². The molecule has 1 aliphatic rings. The predicted molar refractivity (Wildman–Crippen MR) is 122 cm³/mol. The molecule has 0 atom stereocenters. The molecule has 32 heavy (non-hydrogen) atoms. The van der Waals surface area contributed by atoms with Crippen LogP contribution in [0.2, 0.25) is 0 Å². The molecule has 0 N–H and O–H groups in total. The Bertz CT molecular complexity index is 1450. The fourth-order valence-electron chi connectivity index (χ4n) is 4.05. The van der Waals surface area contributed by atoms with Crippen molar-refractivity contribution in [2.24, 2.45) is 0 Å². The molecule has 0 unspecified atom stereocenters. The number of nitrogens with zero attached hydrogens (tertiary/aromatic N) is 7. The van der Waals surface area contributed by atoms with Crippen molar-refractivity contribution in [2.75, 3.05) is 25.1 Å². The molecule has 5 aromatic rings. The fourth-order valence-corrected chi connectivity index (χ4v) is 4.05. The summed E-state index contributed by atoms with van der Waals surface area (Å²) in [5.74, 6) is 1.44. The van der Waals surface area contributed by atoms with E-state index >= 15 is 0 Å². The van der Waals surface area contributed by atoms with Gasteiger partial charge in [-0.3, -0.25) is 0 Å². The molecule has 0 aliphatic carbocycles. The molecule has 6 rings (SSSR count). The lowest BCUT2D eigenvalue weighted by atomic mass is 9.92. The molecule has 0 bridgehead atoms. The van der Waals surface area contributed by atoms with Gasteiger partial charge in [-0.05, 0) is 30.3 Å². The second-order valence-electron chi connectivity index (χ2n) is 7.69. The van der Waals surface area contributed by atoms with Crippen LogP contribution in [-0.4, -0.2) is 50.1 Å². The summed E-state index contributed by atoms with van der Waals surface area (Å²) >= 11 is 0. The van der Waals surface area contributed by atoms with Crippen molar-refractivity contribution < 1.29 is 4.74 Å². The molecule has 1 aromatic carbocycles. The van der Waals surface area contributed by atoms with Crippen molar-refractivity contribution in [3.8, 4) is 17.1 Å². The zero-order valence-electron chi connectivity index (χ0n) is 17.4. The van der Waals surface area contributed by atoms with Crippen molar-refractivity contribution in [1.82, 2.24) is 29.9 Å². The third-order valence-electron chi connectivity index (χ3n) is 5.71. The number of rotatable bonds is 4. The molecule has 0 spiro atoms. The first-order valence-electron chi connectivity index (χ1n) is 10.4. The van der Waals surface area contributed by atoms with Gasteiger partial charge in [0.2, 0.25) is 11.8 Å². The van der Waals surface area contributed by atoms with Crippen molar-refractivity contribution in [2.45, 2.75) is 5.92 Å². The predicted octanol–water partition coefficient (Wildman–Crippen LogP) is 3.64. The van der Waals surface area contributed by atoms with Gasteiger partial charge in [-0.2, -0.15) is 0 Å². The summed E-state index contributed by atoms with van der Waals surface area (Å²) in [5.41, 5.74) is 4.79. The number of para-hydroxylation sites is 1. The van der Waals surface area contributed by atoms with Crippen LogP contribution < -0.4 is 9.64 Å². The van der Waals surface area contributed by atoms with Crippen LogP contribution in [-0.2, 0) is 0 Å². The summed E-state index contributed by atoms with van der Waals surface area (Å²) in [7, 11) is 1.61. The average molecular weight is 421 g/mol. The van der Waals surface area contributed by atoms with Crippen molar-refractivity contribution in [3.63, 3.8) is 0 Å². The third-order valence-corrected chi connectivity index (χ3v) is 5.71. The van der Waals surface area contributed by atoms with Gasteiger partial charge >= 0.3 is 0 Å². The van der Waals surface area contributed by atoms with Gasteiger partial charge in [-0.15, -0.1) is 0 Å². The highest BCUT2D eigenvalue weighted by molar-refractivity contribution is 5.79. The van der Waals surface area contributed by atoms with E-state index in [1.165, 1.54) is 0 Å². The van der Waals surface area contributed by atoms with Gasteiger partial charge in [0, 0.05) is 43.0 Å². The highest BCUT2D eigenvalue weighted by atomic mass is 16.5. The van der Waals surface area contributed by atoms with Crippen LogP contribution in [0.15, 0.2) is 67.1 Å². The molecule has 4 aromatic heterocycles. The molecule has 1 fully saturated rings. The normalized spacial score (nSPS) is 14.0. The number of benzene rings is 1. The van der Waals surface area contributed by atoms with Gasteiger partial charge in [-0.25, -0.2) is 29.9 Å². The second kappa shape index (κ2) is 7.49. The van der Waals surface area contributed by atoms with E-state index in [1.807, 2.05) is 54.7 Å². The third kappa shape index (κ3) is 3.08. The van der Waals surface area contributed by atoms with E-state index < -0.39 is 0 Å². The molecular weight excluding hydrogens is 402 g/mol. The Morgan fingerprint density at radius 2 is 1.66 bits per heavy atom. The number of hydrogen-bond acceptors (Lipinski definition) is 8. The lowest BCUT2D eigenvalue weighted by molar-refractivity contribution is 0.399. The topological polar surface area (TPSA) is 89.8 Å². The quantitative estimate of drug-likeness (QED) is 0.434. The molecule has 0 radical (unpaired) electrons. The molecule has 5 heterocycles. The number of aromatic nitrogens is 6. The minimum Gasteiger partial charge on any atom is -0.481 e. The molecule has 1 saturated heterocycles. The first-order valence-corrected chi connectivity index (χ1v) is 10.4. The largest absolute Gasteiger partial charge is 0.481 e. The van der Waals surface area contributed by atoms with Gasteiger partial charge in [0.25, 0.3) is 0 Å². The van der Waals surface area contributed by atoms with Crippen LogP contribution in [0.5, 0.6) is 5.88 Å². The summed E-state index contributed by atoms with van der Waals surface area (Å²) in [4.78, 5) is 30.0. The van der Waals surface area contributed by atoms with Gasteiger partial charge in [-0.1, -0.05) is 18.2 Å². The van der Waals surface area contributed by atoms with Crippen molar-refractivity contribution in [3.05, 3.63) is 72.8 Å². The maximum atomic E-state index is 5.50. The molecule has 8 heteroatoms. The molecule has 0 amide bonds. The standard InChI is InChI=1S/C24H19N7O/c1-32-23-17(7-4-11-26-23)21-20(28-19-9-5-10-25-22(19)30-21)16-13-31(14-16)24-27-12-15-6-2-3-8-18(15)29-24/h2-12,16H,13-14H2,1H3. The molecular formula is C24H19N7O. The lowest BCUT2D eigenvalue weighted by Crippen LogP contribution is -2.46. The SMILES string of the molecule is COc1ncccc1-c1nc2ncccc2nc1C1CN(c2ncc3ccccc3n2)C1. The van der Waals surface area contributed by atoms with Gasteiger partial charge < -0.3 is 9.64 Å². The summed E-state index contributed by atoms with van der Waals surface area (Å²) in [5, 5.41) is 1.03. The summed E-state index contributed by atoms with van der Waals surface area (Å²) < 4.78 is 5.50. The van der Waals surface area contributed by atoms with E-state index in [4.69, 9.17) is 19.7 Å². The minimum absolute atomic E-state index is 0.182. The number of fused-ring (bicyclic) bond motifs is 2. The summed E-state index contributed by atoms with van der Waals surface area (Å²) in [6, 6.07) is 15.7. The number of ether oxygens (including phenoxy) is 1. The van der Waals surface area contributed by atoms with Crippen LogP contribution in [0.1, 0.15) is 11.6 Å². The zero-order valence-corrected chi connectivity index (χ0v) is 17.4. The zero-order chi connectivity index (χ0) is 21.5. The molecule has 1 aliphatic heterocycles. The van der Waals surface area contributed by atoms with E-state index in [-0.39, 0.29) is 5.92 Å². The van der Waals surface area contributed by atoms with Gasteiger partial charge in [0.1, 0.15) is 11.2 Å². The molecule has 8 nitrogen and oxygen atoms in total. The minimum atomic E-state index is 0.182. The lowest BCUT2D eigenvalue weighted by Gasteiger charge is -2.39. The maximum Gasteiger partial charge on any atom is 0.225 e. The smallest absolute Gasteiger partial charge is 0.225 e. The summed E-state index contributed by atoms with van der Waals surface area (Å²) in [6.07, 6.45) is 5.30. The summed E-state index contributed by atoms with van der Waals surface area (Å²) in [6.45, 7) is 1.52. The van der Waals surface area contributed by atoms with Crippen molar-refractivity contribution in [1.29, 1.82) is 0 Å². The van der Waals surface area contributed by atoms with Crippen LogP contribution in [0, 0.1) is 0 Å². The van der Waals surface area contributed by atoms with Crippen LogP contribution >= 0.6 is 0 Å². The second-order valence-corrected chi connectivity index (χ2v) is 7.69. The monoisotopic (exact) mass is 421 g/mol. The van der Waals surface area contributed by atoms with E-state index in [2.05, 4.69) is 19.9 Å². The Labute approximate surface area is 184 Å². The maximum absolute atomic E-state index is 5.50. The van der Waals surface area contributed by atoms with E-state index in [0.29, 0.717) is 11.5 Å². The Hall–Kier alpha value is -4.20. The highest BCUT2D eigenvalue weighted by Crippen LogP contribution is 2.37. The number of pyridine rings is 2. The first kappa shape index (κ1) is 18.6. The van der Waals surface area contributed by atoms with Crippen LogP contribution in [0.3, 0.4) is 0 Å². The van der Waals surface area contributed by atoms with Crippen LogP contribution in [0.4, 0.5) is 5.95 Å². The van der Waals surface area contributed by atoms with E-state index in [9.17, 15) is 0 Å². The highest BCUT2D eigenvalue weighted by Gasteiger charge is 2.34. The van der Waals surface area contributed by atoms with Crippen LogP contribution in [0.25, 0.3) is 33.3 Å². The Balaban J connectivity index is 1.38. The van der Waals surface area contributed by atoms with Gasteiger partial charge in [0.05, 0.1) is 23.9 Å². The average Bonchev–Trinajstić information content (AvgIpc) is 2.82. The molecule has 0 saturated carbocycles. The Kier molecular flexibility index (Phi) is 4.34. The Morgan fingerprint density at radius 3 is 2.56 bits per heavy atom. The Morgan fingerprint density at radius 1 is 0.844 bits per heavy atom. The number of anilines is 1. The van der Waals surface area contributed by atoms with Gasteiger partial charge in [0.15, 0.2) is 5.65 Å². The molecule has 156 valence electrons. The number of methoxy groups -OCH3 is 1. The number of hydrogen-bond donors (Lipinski definition) is 0. The van der Waals surface area contributed by atoms with E-state index in [0.717, 1.165) is 52.4 Å². The fraction of sp³-hybridized carbons (Fsp3) is 0.167.